The maximum atomic E-state index is 4.88. The summed E-state index contributed by atoms with van der Waals surface area (Å²) < 4.78 is 0. The van der Waals surface area contributed by atoms with Crippen LogP contribution in [0.1, 0.15) is 11.7 Å². The number of hydrogen-bond acceptors (Lipinski definition) is 3. The molecule has 0 aliphatic carbocycles. The van der Waals surface area contributed by atoms with Crippen LogP contribution in [0.4, 0.5) is 17.1 Å². The Labute approximate surface area is 375 Å². The fraction of sp³-hybridized carbons (Fsp3) is 0.0167. The molecule has 10 aromatic carbocycles. The zero-order valence-corrected chi connectivity index (χ0v) is 35.9. The van der Waals surface area contributed by atoms with Crippen molar-refractivity contribution in [2.24, 2.45) is 0 Å². The van der Waals surface area contributed by atoms with E-state index >= 15 is 0 Å². The van der Waals surface area contributed by atoms with Gasteiger partial charge >= 0.3 is 0 Å². The van der Waals surface area contributed by atoms with Crippen LogP contribution in [0.3, 0.4) is 0 Å². The zero-order valence-electron chi connectivity index (χ0n) is 35.1. The van der Waals surface area contributed by atoms with Crippen LogP contribution in [0.2, 0.25) is 0 Å². The average molecular weight is 838 g/mol. The summed E-state index contributed by atoms with van der Waals surface area (Å²) in [6.45, 7) is 0. The number of aromatic nitrogens is 1. The summed E-state index contributed by atoms with van der Waals surface area (Å²) in [5.74, 6) is 0. The van der Waals surface area contributed by atoms with E-state index < -0.39 is 10.0 Å². The molecular weight excluding hydrogens is 795 g/mol. The Bertz CT molecular complexity index is 3320. The van der Waals surface area contributed by atoms with Crippen LogP contribution in [-0.4, -0.2) is 4.98 Å². The predicted molar refractivity (Wildman–Crippen MR) is 269 cm³/mol. The molecule has 1 aliphatic heterocycles. The lowest BCUT2D eigenvalue weighted by molar-refractivity contribution is 0.833. The van der Waals surface area contributed by atoms with E-state index in [1.165, 1.54) is 63.4 Å². The van der Waals surface area contributed by atoms with Gasteiger partial charge in [0.1, 0.15) is 6.17 Å². The fourth-order valence-electron chi connectivity index (χ4n) is 10.1. The summed E-state index contributed by atoms with van der Waals surface area (Å²) in [6.07, 6.45) is 1.75. The summed E-state index contributed by atoms with van der Waals surface area (Å²) in [5.41, 5.74) is 10.4. The Hall–Kier alpha value is -7.92. The second-order valence-electron chi connectivity index (χ2n) is 16.3. The molecule has 1 atom stereocenters. The Kier molecular flexibility index (Phi) is 9.31. The van der Waals surface area contributed by atoms with Crippen LogP contribution in [0.5, 0.6) is 0 Å². The smallest absolute Gasteiger partial charge is 0.132 e. The summed E-state index contributed by atoms with van der Waals surface area (Å²) in [7, 11) is -1.81. The molecule has 304 valence electrons. The third kappa shape index (κ3) is 6.10. The minimum Gasteiger partial charge on any atom is -0.359 e. The van der Waals surface area contributed by atoms with Crippen molar-refractivity contribution in [2.45, 2.75) is 25.7 Å². The molecule has 4 heteroatoms. The van der Waals surface area contributed by atoms with Gasteiger partial charge in [0.25, 0.3) is 0 Å². The lowest BCUT2D eigenvalue weighted by Crippen LogP contribution is -2.23. The molecule has 12 rings (SSSR count). The number of hydrogen-bond donors (Lipinski definition) is 1. The SMILES string of the molecule is c1ccc(S(c2ccccc2)(c2ccccc2)c2ccc(-c3c4ccccc4c(-c4cccc(N5c6ccccc6NC5c5cccc6cccnc56)c4)c4ccccc34)cc2)cc1. The van der Waals surface area contributed by atoms with Crippen molar-refractivity contribution in [3.05, 3.63) is 254 Å². The van der Waals surface area contributed by atoms with E-state index in [1.54, 1.807) is 0 Å². The molecule has 3 nitrogen and oxygen atoms in total. The molecule has 0 amide bonds. The molecular formula is C60H43N3S. The van der Waals surface area contributed by atoms with Crippen LogP contribution in [0.15, 0.2) is 268 Å². The standard InChI is InChI=1S/C60H43N3S/c1-4-23-46(24-5-1)64(47-25-6-2-7-26-47,48-27-8-3-9-28-48)49-38-36-42(37-39-49)57-50-29-10-12-31-52(50)58(53-32-13-11-30-51(53)57)44-20-16-22-45(41-44)63-56-35-15-14-34-55(56)62-60(63)54-33-17-19-43-21-18-40-61-59(43)54/h1-41,60,62H. The van der Waals surface area contributed by atoms with Crippen molar-refractivity contribution in [1.29, 1.82) is 0 Å². The van der Waals surface area contributed by atoms with Gasteiger partial charge in [-0.25, -0.2) is 0 Å². The summed E-state index contributed by atoms with van der Waals surface area (Å²) in [5, 5.41) is 9.91. The van der Waals surface area contributed by atoms with E-state index in [0.717, 1.165) is 33.5 Å². The van der Waals surface area contributed by atoms with E-state index in [1.807, 2.05) is 12.3 Å². The van der Waals surface area contributed by atoms with E-state index in [9.17, 15) is 0 Å². The molecule has 1 aromatic heterocycles. The van der Waals surface area contributed by atoms with Crippen molar-refractivity contribution in [2.75, 3.05) is 10.2 Å². The highest BCUT2D eigenvalue weighted by Gasteiger charge is 2.34. The minimum absolute atomic E-state index is 0.142. The van der Waals surface area contributed by atoms with E-state index in [-0.39, 0.29) is 6.17 Å². The van der Waals surface area contributed by atoms with Gasteiger partial charge in [-0.1, -0.05) is 164 Å². The van der Waals surface area contributed by atoms with Crippen molar-refractivity contribution >= 4 is 59.5 Å². The first kappa shape index (κ1) is 37.8. The maximum Gasteiger partial charge on any atom is 0.132 e. The number of nitrogens with zero attached hydrogens (tertiary/aromatic N) is 2. The molecule has 2 heterocycles. The average Bonchev–Trinajstić information content (AvgIpc) is 3.76. The third-order valence-corrected chi connectivity index (χ3v) is 16.7. The largest absolute Gasteiger partial charge is 0.359 e. The second kappa shape index (κ2) is 15.8. The molecule has 0 radical (unpaired) electrons. The van der Waals surface area contributed by atoms with Gasteiger partial charge in [-0.15, -0.1) is 10.0 Å². The minimum atomic E-state index is -1.81. The molecule has 0 saturated heterocycles. The van der Waals surface area contributed by atoms with Gasteiger partial charge in [0.05, 0.1) is 16.9 Å². The van der Waals surface area contributed by atoms with Gasteiger partial charge < -0.3 is 10.2 Å². The third-order valence-electron chi connectivity index (χ3n) is 12.8. The summed E-state index contributed by atoms with van der Waals surface area (Å²) in [6, 6.07) is 89.0. The van der Waals surface area contributed by atoms with Crippen LogP contribution in [0.25, 0.3) is 54.7 Å². The normalized spacial score (nSPS) is 13.8. The van der Waals surface area contributed by atoms with Crippen molar-refractivity contribution in [3.8, 4) is 22.3 Å². The first-order valence-corrected chi connectivity index (χ1v) is 23.5. The quantitative estimate of drug-likeness (QED) is 0.155. The Morgan fingerprint density at radius 2 is 0.906 bits per heavy atom. The first-order valence-electron chi connectivity index (χ1n) is 21.9. The van der Waals surface area contributed by atoms with Crippen LogP contribution >= 0.6 is 10.0 Å². The Morgan fingerprint density at radius 1 is 0.406 bits per heavy atom. The van der Waals surface area contributed by atoms with Crippen molar-refractivity contribution in [1.82, 2.24) is 4.98 Å². The lowest BCUT2D eigenvalue weighted by Gasteiger charge is -2.42. The van der Waals surface area contributed by atoms with Crippen molar-refractivity contribution < 1.29 is 0 Å². The molecule has 11 aromatic rings. The number of nitrogens with one attached hydrogen (secondary N) is 1. The highest BCUT2D eigenvalue weighted by atomic mass is 32.3. The van der Waals surface area contributed by atoms with Crippen molar-refractivity contribution in [3.63, 3.8) is 0 Å². The maximum absolute atomic E-state index is 4.88. The van der Waals surface area contributed by atoms with Gasteiger partial charge in [0.2, 0.25) is 0 Å². The second-order valence-corrected chi connectivity index (χ2v) is 19.4. The Balaban J connectivity index is 1.02. The van der Waals surface area contributed by atoms with Gasteiger partial charge in [0.15, 0.2) is 0 Å². The van der Waals surface area contributed by atoms with Gasteiger partial charge in [-0.3, -0.25) is 4.98 Å². The van der Waals surface area contributed by atoms with Gasteiger partial charge in [-0.2, -0.15) is 0 Å². The summed E-state index contributed by atoms with van der Waals surface area (Å²) >= 11 is 0. The first-order chi connectivity index (χ1) is 31.8. The van der Waals surface area contributed by atoms with E-state index in [4.69, 9.17) is 4.98 Å². The molecule has 0 saturated carbocycles. The summed E-state index contributed by atoms with van der Waals surface area (Å²) in [4.78, 5) is 12.6. The number of fused-ring (bicyclic) bond motifs is 4. The molecule has 0 bridgehead atoms. The number of pyridine rings is 1. The molecule has 1 aliphatic rings. The highest BCUT2D eigenvalue weighted by molar-refractivity contribution is 8.34. The van der Waals surface area contributed by atoms with Crippen LogP contribution < -0.4 is 10.2 Å². The molecule has 64 heavy (non-hydrogen) atoms. The van der Waals surface area contributed by atoms with Gasteiger partial charge in [-0.05, 0) is 123 Å². The number of anilines is 3. The van der Waals surface area contributed by atoms with Crippen LogP contribution in [-0.2, 0) is 0 Å². The number of benzene rings is 10. The van der Waals surface area contributed by atoms with E-state index in [2.05, 4.69) is 247 Å². The zero-order chi connectivity index (χ0) is 42.5. The molecule has 1 unspecified atom stereocenters. The molecule has 0 spiro atoms. The highest BCUT2D eigenvalue weighted by Crippen LogP contribution is 2.73. The number of para-hydroxylation sites is 3. The van der Waals surface area contributed by atoms with E-state index in [0.29, 0.717) is 0 Å². The lowest BCUT2D eigenvalue weighted by atomic mass is 9.86. The fourth-order valence-corrected chi connectivity index (χ4v) is 14.0. The van der Waals surface area contributed by atoms with Crippen LogP contribution in [0, 0.1) is 0 Å². The van der Waals surface area contributed by atoms with Gasteiger partial charge in [0, 0.05) is 42.4 Å². The monoisotopic (exact) mass is 837 g/mol. The topological polar surface area (TPSA) is 28.2 Å². The molecule has 1 N–H and O–H groups in total. The Morgan fingerprint density at radius 3 is 1.52 bits per heavy atom. The molecule has 0 fully saturated rings. The number of rotatable bonds is 8. The predicted octanol–water partition coefficient (Wildman–Crippen LogP) is 16.5.